The number of aromatic carboxylic acids is 1. The normalized spacial score (nSPS) is 10.7. The van der Waals surface area contributed by atoms with Crippen molar-refractivity contribution in [3.63, 3.8) is 0 Å². The van der Waals surface area contributed by atoms with Gasteiger partial charge in [-0.1, -0.05) is 18.2 Å². The molecule has 26 heavy (non-hydrogen) atoms. The first-order valence-electron chi connectivity index (χ1n) is 7.40. The number of aryl methyl sites for hydroxylation is 1. The molecule has 0 fully saturated rings. The minimum Gasteiger partial charge on any atom is -0.476 e. The summed E-state index contributed by atoms with van der Waals surface area (Å²) < 4.78 is 16.9. The van der Waals surface area contributed by atoms with Gasteiger partial charge in [-0.25, -0.2) is 9.18 Å². The number of carboxylic acid groups (broad SMARTS) is 1. The molecule has 0 spiro atoms. The molecule has 0 saturated carbocycles. The molecule has 0 aliphatic rings. The Hall–Kier alpha value is -3.01. The van der Waals surface area contributed by atoms with E-state index in [4.69, 9.17) is 5.11 Å². The molecule has 1 amide bonds. The van der Waals surface area contributed by atoms with Crippen molar-refractivity contribution in [1.29, 1.82) is 0 Å². The third-order valence-electron chi connectivity index (χ3n) is 3.52. The second-order valence-electron chi connectivity index (χ2n) is 5.44. The second-order valence-corrected chi connectivity index (χ2v) is 6.29. The van der Waals surface area contributed by atoms with E-state index in [9.17, 15) is 14.0 Å². The highest BCUT2D eigenvalue weighted by atomic mass is 79.9. The van der Waals surface area contributed by atoms with Crippen LogP contribution >= 0.6 is 15.9 Å². The Labute approximate surface area is 155 Å². The summed E-state index contributed by atoms with van der Waals surface area (Å²) in [6.07, 6.45) is 2.90. The number of hydrogen-bond donors (Lipinski definition) is 2. The molecule has 8 nitrogen and oxygen atoms in total. The van der Waals surface area contributed by atoms with E-state index in [1.165, 1.54) is 28.7 Å². The summed E-state index contributed by atoms with van der Waals surface area (Å²) >= 11 is 3.27. The summed E-state index contributed by atoms with van der Waals surface area (Å²) in [6, 6.07) is 6.30. The molecule has 3 aromatic rings. The average molecular weight is 422 g/mol. The van der Waals surface area contributed by atoms with Crippen LogP contribution in [0.25, 0.3) is 0 Å². The lowest BCUT2D eigenvalue weighted by Gasteiger charge is -2.03. The summed E-state index contributed by atoms with van der Waals surface area (Å²) in [5.74, 6) is -2.13. The maximum absolute atomic E-state index is 13.7. The van der Waals surface area contributed by atoms with Crippen molar-refractivity contribution >= 4 is 33.6 Å². The molecule has 0 saturated heterocycles. The van der Waals surface area contributed by atoms with Gasteiger partial charge < -0.3 is 10.4 Å². The quantitative estimate of drug-likeness (QED) is 0.658. The van der Waals surface area contributed by atoms with Crippen LogP contribution in [0.3, 0.4) is 0 Å². The van der Waals surface area contributed by atoms with Gasteiger partial charge in [-0.3, -0.25) is 14.2 Å². The Morgan fingerprint density at radius 2 is 2.00 bits per heavy atom. The number of aromatic nitrogens is 4. The Bertz CT molecular complexity index is 998. The molecule has 1 aromatic carbocycles. The van der Waals surface area contributed by atoms with E-state index in [2.05, 4.69) is 31.4 Å². The number of hydrogen-bond acceptors (Lipinski definition) is 4. The van der Waals surface area contributed by atoms with Crippen LogP contribution in [0.5, 0.6) is 0 Å². The van der Waals surface area contributed by atoms with Gasteiger partial charge in [0, 0.05) is 25.0 Å². The van der Waals surface area contributed by atoms with E-state index < -0.39 is 11.9 Å². The van der Waals surface area contributed by atoms with Crippen molar-refractivity contribution in [1.82, 2.24) is 19.6 Å². The van der Waals surface area contributed by atoms with E-state index in [-0.39, 0.29) is 29.4 Å². The highest BCUT2D eigenvalue weighted by Crippen LogP contribution is 2.22. The molecule has 0 radical (unpaired) electrons. The third-order valence-corrected chi connectivity index (χ3v) is 4.10. The molecule has 2 aromatic heterocycles. The summed E-state index contributed by atoms with van der Waals surface area (Å²) in [7, 11) is 1.52. The number of carbonyl (C=O) groups is 2. The van der Waals surface area contributed by atoms with Crippen molar-refractivity contribution in [3.8, 4) is 0 Å². The lowest BCUT2D eigenvalue weighted by Crippen LogP contribution is -2.16. The van der Waals surface area contributed by atoms with Crippen molar-refractivity contribution in [2.24, 2.45) is 7.05 Å². The minimum absolute atomic E-state index is 0.0875. The predicted octanol–water partition coefficient (Wildman–Crippen LogP) is 2.52. The monoisotopic (exact) mass is 421 g/mol. The molecule has 0 aliphatic carbocycles. The number of amides is 1. The van der Waals surface area contributed by atoms with Gasteiger partial charge in [0.2, 0.25) is 0 Å². The smallest absolute Gasteiger partial charge is 0.357 e. The summed E-state index contributed by atoms with van der Waals surface area (Å²) in [5, 5.41) is 19.6. The van der Waals surface area contributed by atoms with Crippen molar-refractivity contribution < 1.29 is 19.1 Å². The number of rotatable bonds is 5. The number of benzene rings is 1. The SMILES string of the molecule is Cn1cc(C(=O)Nc2nn(Cc3ccccc3F)cc2Br)c(C(=O)O)n1. The second kappa shape index (κ2) is 7.08. The molecule has 3 rings (SSSR count). The van der Waals surface area contributed by atoms with E-state index >= 15 is 0 Å². The molecule has 134 valence electrons. The van der Waals surface area contributed by atoms with Crippen molar-refractivity contribution in [2.75, 3.05) is 5.32 Å². The Balaban J connectivity index is 1.81. The highest BCUT2D eigenvalue weighted by Gasteiger charge is 2.22. The molecule has 10 heteroatoms. The zero-order chi connectivity index (χ0) is 18.8. The Morgan fingerprint density at radius 1 is 1.27 bits per heavy atom. The first kappa shape index (κ1) is 17.8. The van der Waals surface area contributed by atoms with Gasteiger partial charge in [-0.05, 0) is 22.0 Å². The minimum atomic E-state index is -1.31. The molecule has 2 heterocycles. The van der Waals surface area contributed by atoms with Crippen LogP contribution in [0.1, 0.15) is 26.4 Å². The lowest BCUT2D eigenvalue weighted by atomic mass is 10.2. The Kier molecular flexibility index (Phi) is 4.85. The zero-order valence-corrected chi connectivity index (χ0v) is 15.1. The van der Waals surface area contributed by atoms with Crippen LogP contribution in [0.2, 0.25) is 0 Å². The predicted molar refractivity (Wildman–Crippen MR) is 93.5 cm³/mol. The fraction of sp³-hybridized carbons (Fsp3) is 0.125. The van der Waals surface area contributed by atoms with E-state index in [0.717, 1.165) is 0 Å². The van der Waals surface area contributed by atoms with Crippen LogP contribution in [0, 0.1) is 5.82 Å². The van der Waals surface area contributed by atoms with Gasteiger partial charge in [0.25, 0.3) is 5.91 Å². The highest BCUT2D eigenvalue weighted by molar-refractivity contribution is 9.10. The first-order chi connectivity index (χ1) is 12.3. The summed E-state index contributed by atoms with van der Waals surface area (Å²) in [6.45, 7) is 0.175. The van der Waals surface area contributed by atoms with Gasteiger partial charge in [-0.15, -0.1) is 0 Å². The maximum Gasteiger partial charge on any atom is 0.357 e. The molecule has 0 aliphatic heterocycles. The van der Waals surface area contributed by atoms with E-state index in [0.29, 0.717) is 10.0 Å². The number of carboxylic acids is 1. The fourth-order valence-corrected chi connectivity index (χ4v) is 2.77. The van der Waals surface area contributed by atoms with Gasteiger partial charge >= 0.3 is 5.97 Å². The average Bonchev–Trinajstić information content (AvgIpc) is 3.13. The fourth-order valence-electron chi connectivity index (χ4n) is 2.35. The van der Waals surface area contributed by atoms with Crippen LogP contribution in [0.15, 0.2) is 41.1 Å². The topological polar surface area (TPSA) is 102 Å². The van der Waals surface area contributed by atoms with Crippen LogP contribution in [-0.2, 0) is 13.6 Å². The molecular formula is C16H13BrFN5O3. The third kappa shape index (κ3) is 3.64. The van der Waals surface area contributed by atoms with Crippen LogP contribution < -0.4 is 5.32 Å². The number of anilines is 1. The molecular weight excluding hydrogens is 409 g/mol. The van der Waals surface area contributed by atoms with Gasteiger partial charge in [-0.2, -0.15) is 10.2 Å². The van der Waals surface area contributed by atoms with Crippen LogP contribution in [-0.4, -0.2) is 36.5 Å². The zero-order valence-electron chi connectivity index (χ0n) is 13.5. The number of halogens is 2. The molecule has 0 atom stereocenters. The molecule has 0 bridgehead atoms. The number of carbonyl (C=O) groups excluding carboxylic acids is 1. The van der Waals surface area contributed by atoms with Crippen molar-refractivity contribution in [2.45, 2.75) is 6.54 Å². The Morgan fingerprint density at radius 3 is 2.69 bits per heavy atom. The molecule has 0 unspecified atom stereocenters. The largest absolute Gasteiger partial charge is 0.476 e. The van der Waals surface area contributed by atoms with Gasteiger partial charge in [0.1, 0.15) is 5.82 Å². The van der Waals surface area contributed by atoms with Crippen molar-refractivity contribution in [3.05, 3.63) is 63.8 Å². The van der Waals surface area contributed by atoms with Gasteiger partial charge in [0.05, 0.1) is 16.6 Å². The van der Waals surface area contributed by atoms with Gasteiger partial charge in [0.15, 0.2) is 11.5 Å². The number of nitrogens with one attached hydrogen (secondary N) is 1. The first-order valence-corrected chi connectivity index (χ1v) is 8.19. The summed E-state index contributed by atoms with van der Waals surface area (Å²) in [4.78, 5) is 23.5. The summed E-state index contributed by atoms with van der Waals surface area (Å²) in [5.41, 5.74) is 0.00302. The van der Waals surface area contributed by atoms with E-state index in [1.807, 2.05) is 0 Å². The van der Waals surface area contributed by atoms with E-state index in [1.54, 1.807) is 24.4 Å². The molecule has 2 N–H and O–H groups in total. The maximum atomic E-state index is 13.7. The standard InChI is InChI=1S/C16H13BrFN5O3/c1-22-7-10(13(20-22)16(25)26)15(24)19-14-11(17)8-23(21-14)6-9-4-2-3-5-12(9)18/h2-5,7-8H,6H2,1H3,(H,25,26)(H,19,21,24). The number of nitrogens with zero attached hydrogens (tertiary/aromatic N) is 4. The van der Waals surface area contributed by atoms with Crippen LogP contribution in [0.4, 0.5) is 10.2 Å². The lowest BCUT2D eigenvalue weighted by molar-refractivity contribution is 0.0685.